The summed E-state index contributed by atoms with van der Waals surface area (Å²) in [6, 6.07) is 5.41. The molecule has 1 N–H and O–H groups in total. The van der Waals surface area contributed by atoms with Crippen LogP contribution in [0.2, 0.25) is 0 Å². The molecule has 0 saturated carbocycles. The summed E-state index contributed by atoms with van der Waals surface area (Å²) in [5.41, 5.74) is 0.108. The highest BCUT2D eigenvalue weighted by Crippen LogP contribution is 2.35. The lowest BCUT2D eigenvalue weighted by Crippen LogP contribution is -2.19. The molecule has 1 heterocycles. The molecule has 0 aliphatic heterocycles. The van der Waals surface area contributed by atoms with Crippen LogP contribution < -0.4 is 5.32 Å². The number of nitrogens with one attached hydrogen (secondary N) is 1. The molecule has 0 aliphatic rings. The second-order valence-corrected chi connectivity index (χ2v) is 5.96. The molecule has 2 rings (SSSR count). The van der Waals surface area contributed by atoms with E-state index in [2.05, 4.69) is 12.2 Å². The number of halogens is 3. The van der Waals surface area contributed by atoms with E-state index in [9.17, 15) is 13.2 Å². The Kier molecular flexibility index (Phi) is 5.42. The molecule has 0 fully saturated rings. The van der Waals surface area contributed by atoms with Gasteiger partial charge in [0.25, 0.3) is 0 Å². The van der Waals surface area contributed by atoms with Crippen LogP contribution in [0.1, 0.15) is 37.6 Å². The van der Waals surface area contributed by atoms with Gasteiger partial charge in [-0.2, -0.15) is 0 Å². The summed E-state index contributed by atoms with van der Waals surface area (Å²) in [4.78, 5) is 1.69. The predicted molar refractivity (Wildman–Crippen MR) is 81.0 cm³/mol. The number of benzene rings is 1. The second kappa shape index (κ2) is 7.09. The minimum atomic E-state index is -1.16. The van der Waals surface area contributed by atoms with Gasteiger partial charge in [0.1, 0.15) is 5.82 Å². The maximum atomic E-state index is 13.8. The zero-order chi connectivity index (χ0) is 15.4. The third-order valence-electron chi connectivity index (χ3n) is 3.27. The maximum Gasteiger partial charge on any atom is 0.161 e. The van der Waals surface area contributed by atoms with Gasteiger partial charge in [0.15, 0.2) is 11.6 Å². The Morgan fingerprint density at radius 2 is 1.76 bits per heavy atom. The Balaban J connectivity index is 2.33. The molecule has 2 aromatic rings. The first-order chi connectivity index (χ1) is 10.1. The van der Waals surface area contributed by atoms with E-state index >= 15 is 0 Å². The van der Waals surface area contributed by atoms with E-state index in [-0.39, 0.29) is 11.6 Å². The van der Waals surface area contributed by atoms with Crippen molar-refractivity contribution in [1.29, 1.82) is 0 Å². The SMILES string of the molecule is CCCC(NCC)c1ccc(-c2cc(F)c(F)cc2F)s1. The average molecular weight is 313 g/mol. The minimum Gasteiger partial charge on any atom is -0.310 e. The number of thiophene rings is 1. The lowest BCUT2D eigenvalue weighted by molar-refractivity contribution is 0.496. The molecule has 1 nitrogen and oxygen atoms in total. The summed E-state index contributed by atoms with van der Waals surface area (Å²) >= 11 is 1.41. The monoisotopic (exact) mass is 313 g/mol. The number of rotatable bonds is 6. The standard InChI is InChI=1S/C16H18F3NS/c1-3-5-14(20-4-2)16-7-6-15(21-16)10-8-12(18)13(19)9-11(10)17/h6-9,14,20H,3-5H2,1-2H3. The van der Waals surface area contributed by atoms with Crippen LogP contribution in [0.3, 0.4) is 0 Å². The molecule has 0 amide bonds. The molecule has 0 saturated heterocycles. The third kappa shape index (κ3) is 3.66. The normalized spacial score (nSPS) is 12.6. The highest BCUT2D eigenvalue weighted by Gasteiger charge is 2.16. The van der Waals surface area contributed by atoms with E-state index in [0.29, 0.717) is 10.9 Å². The molecule has 0 spiro atoms. The number of hydrogen-bond acceptors (Lipinski definition) is 2. The van der Waals surface area contributed by atoms with E-state index < -0.39 is 17.5 Å². The highest BCUT2D eigenvalue weighted by molar-refractivity contribution is 7.15. The summed E-state index contributed by atoms with van der Waals surface area (Å²) < 4.78 is 40.1. The Bertz CT molecular complexity index is 604. The first-order valence-electron chi connectivity index (χ1n) is 7.04. The molecule has 1 atom stereocenters. The molecule has 1 aromatic heterocycles. The fourth-order valence-electron chi connectivity index (χ4n) is 2.28. The molecule has 5 heteroatoms. The summed E-state index contributed by atoms with van der Waals surface area (Å²) in [5.74, 6) is -2.93. The zero-order valence-electron chi connectivity index (χ0n) is 12.1. The van der Waals surface area contributed by atoms with Crippen LogP contribution in [0, 0.1) is 17.5 Å². The highest BCUT2D eigenvalue weighted by atomic mass is 32.1. The molecule has 0 radical (unpaired) electrons. The smallest absolute Gasteiger partial charge is 0.161 e. The molecule has 0 aliphatic carbocycles. The van der Waals surface area contributed by atoms with Crippen LogP contribution in [0.4, 0.5) is 13.2 Å². The zero-order valence-corrected chi connectivity index (χ0v) is 12.9. The van der Waals surface area contributed by atoms with Gasteiger partial charge in [-0.25, -0.2) is 13.2 Å². The van der Waals surface area contributed by atoms with Gasteiger partial charge < -0.3 is 5.32 Å². The van der Waals surface area contributed by atoms with Gasteiger partial charge in [-0.15, -0.1) is 11.3 Å². The fraction of sp³-hybridized carbons (Fsp3) is 0.375. The average Bonchev–Trinajstić information content (AvgIpc) is 2.92. The van der Waals surface area contributed by atoms with Gasteiger partial charge in [0, 0.05) is 27.4 Å². The van der Waals surface area contributed by atoms with E-state index in [1.54, 1.807) is 6.07 Å². The van der Waals surface area contributed by atoms with Crippen molar-refractivity contribution in [3.05, 3.63) is 46.6 Å². The predicted octanol–water partition coefficient (Wildman–Crippen LogP) is 5.28. The third-order valence-corrected chi connectivity index (χ3v) is 4.51. The van der Waals surface area contributed by atoms with Gasteiger partial charge in [0.05, 0.1) is 0 Å². The van der Waals surface area contributed by atoms with E-state index in [1.807, 2.05) is 13.0 Å². The lowest BCUT2D eigenvalue weighted by atomic mass is 10.1. The van der Waals surface area contributed by atoms with Crippen molar-refractivity contribution in [3.8, 4) is 10.4 Å². The lowest BCUT2D eigenvalue weighted by Gasteiger charge is -2.15. The van der Waals surface area contributed by atoms with Crippen LogP contribution in [-0.4, -0.2) is 6.54 Å². The van der Waals surface area contributed by atoms with Crippen LogP contribution in [0.5, 0.6) is 0 Å². The molecular weight excluding hydrogens is 295 g/mol. The molecule has 1 aromatic carbocycles. The Labute approximate surface area is 126 Å². The molecule has 1 unspecified atom stereocenters. The largest absolute Gasteiger partial charge is 0.310 e. The fourth-order valence-corrected chi connectivity index (χ4v) is 3.41. The molecule has 0 bridgehead atoms. The summed E-state index contributed by atoms with van der Waals surface area (Å²) in [6.07, 6.45) is 2.01. The van der Waals surface area contributed by atoms with Crippen molar-refractivity contribution in [2.75, 3.05) is 6.54 Å². The van der Waals surface area contributed by atoms with Crippen molar-refractivity contribution in [2.45, 2.75) is 32.7 Å². The summed E-state index contributed by atoms with van der Waals surface area (Å²) in [6.45, 7) is 4.98. The van der Waals surface area contributed by atoms with Crippen molar-refractivity contribution in [1.82, 2.24) is 5.32 Å². The molecule has 114 valence electrons. The van der Waals surface area contributed by atoms with Crippen LogP contribution in [0.25, 0.3) is 10.4 Å². The van der Waals surface area contributed by atoms with Crippen molar-refractivity contribution < 1.29 is 13.2 Å². The quantitative estimate of drug-likeness (QED) is 0.715. The Hall–Kier alpha value is -1.33. The summed E-state index contributed by atoms with van der Waals surface area (Å²) in [5, 5.41) is 3.38. The van der Waals surface area contributed by atoms with Crippen LogP contribution in [-0.2, 0) is 0 Å². The van der Waals surface area contributed by atoms with Gasteiger partial charge in [-0.05, 0) is 31.2 Å². The van der Waals surface area contributed by atoms with E-state index in [4.69, 9.17) is 0 Å². The molecule has 21 heavy (non-hydrogen) atoms. The van der Waals surface area contributed by atoms with Gasteiger partial charge in [-0.3, -0.25) is 0 Å². The van der Waals surface area contributed by atoms with Crippen molar-refractivity contribution in [3.63, 3.8) is 0 Å². The summed E-state index contributed by atoms with van der Waals surface area (Å²) in [7, 11) is 0. The Morgan fingerprint density at radius 1 is 1.05 bits per heavy atom. The van der Waals surface area contributed by atoms with Gasteiger partial charge >= 0.3 is 0 Å². The molecular formula is C16H18F3NS. The first-order valence-corrected chi connectivity index (χ1v) is 7.86. The van der Waals surface area contributed by atoms with Gasteiger partial charge in [0.2, 0.25) is 0 Å². The van der Waals surface area contributed by atoms with Crippen LogP contribution in [0.15, 0.2) is 24.3 Å². The van der Waals surface area contributed by atoms with Crippen molar-refractivity contribution in [2.24, 2.45) is 0 Å². The second-order valence-electron chi connectivity index (χ2n) is 4.85. The van der Waals surface area contributed by atoms with Gasteiger partial charge in [-0.1, -0.05) is 20.3 Å². The van der Waals surface area contributed by atoms with Crippen LogP contribution >= 0.6 is 11.3 Å². The van der Waals surface area contributed by atoms with E-state index in [1.165, 1.54) is 11.3 Å². The minimum absolute atomic E-state index is 0.108. The van der Waals surface area contributed by atoms with E-state index in [0.717, 1.165) is 30.3 Å². The number of hydrogen-bond donors (Lipinski definition) is 1. The Morgan fingerprint density at radius 3 is 2.43 bits per heavy atom. The topological polar surface area (TPSA) is 12.0 Å². The first kappa shape index (κ1) is 16.0. The van der Waals surface area contributed by atoms with Crippen molar-refractivity contribution >= 4 is 11.3 Å². The maximum absolute atomic E-state index is 13.8.